The molecule has 0 bridgehead atoms. The molecule has 11 heteroatoms. The maximum Gasteiger partial charge on any atom is 0.412 e. The summed E-state index contributed by atoms with van der Waals surface area (Å²) >= 11 is 3.28. The fraction of sp³-hybridized carbons (Fsp3) is 0.111. The lowest BCUT2D eigenvalue weighted by Crippen LogP contribution is -2.25. The van der Waals surface area contributed by atoms with Gasteiger partial charge in [0.2, 0.25) is 10.0 Å². The number of amides is 1. The molecular weight excluding hydrogens is 471 g/mol. The van der Waals surface area contributed by atoms with E-state index in [9.17, 15) is 22.4 Å². The Morgan fingerprint density at radius 3 is 2.38 bits per heavy atom. The third-order valence-corrected chi connectivity index (χ3v) is 5.92. The molecule has 0 unspecified atom stereocenters. The van der Waals surface area contributed by atoms with Crippen LogP contribution in [0, 0.1) is 5.82 Å². The van der Waals surface area contributed by atoms with Crippen LogP contribution in [0.4, 0.5) is 14.9 Å². The molecule has 0 aliphatic rings. The molecule has 2 aromatic carbocycles. The van der Waals surface area contributed by atoms with E-state index in [0.29, 0.717) is 10.0 Å². The topological polar surface area (TPSA) is 120 Å². The van der Waals surface area contributed by atoms with Gasteiger partial charge in [0.15, 0.2) is 0 Å². The van der Waals surface area contributed by atoms with Crippen LogP contribution in [0.1, 0.15) is 10.4 Å². The van der Waals surface area contributed by atoms with E-state index in [1.54, 1.807) is 0 Å². The molecule has 0 fully saturated rings. The van der Waals surface area contributed by atoms with E-state index < -0.39 is 27.9 Å². The molecule has 0 saturated carbocycles. The number of hydrogen-bond donors (Lipinski definition) is 1. The summed E-state index contributed by atoms with van der Waals surface area (Å²) in [5.41, 5.74) is 5.58. The zero-order valence-electron chi connectivity index (χ0n) is 15.1. The van der Waals surface area contributed by atoms with E-state index in [2.05, 4.69) is 20.7 Å². The van der Waals surface area contributed by atoms with Gasteiger partial charge >= 0.3 is 12.1 Å². The molecular formula is C18H14BrFN2O6S. The minimum atomic E-state index is -3.57. The van der Waals surface area contributed by atoms with Crippen molar-refractivity contribution in [3.05, 3.63) is 52.3 Å². The first-order valence-corrected chi connectivity index (χ1v) is 10.6. The van der Waals surface area contributed by atoms with Gasteiger partial charge in [0, 0.05) is 28.5 Å². The Bertz CT molecular complexity index is 1240. The molecule has 0 aliphatic heterocycles. The number of nitrogens with two attached hydrogens (primary N) is 1. The van der Waals surface area contributed by atoms with Crippen LogP contribution < -0.4 is 10.0 Å². The van der Waals surface area contributed by atoms with Gasteiger partial charge in [-0.3, -0.25) is 4.31 Å². The molecule has 152 valence electrons. The van der Waals surface area contributed by atoms with Crippen molar-refractivity contribution in [1.29, 1.82) is 0 Å². The normalized spacial score (nSPS) is 11.4. The third kappa shape index (κ3) is 4.10. The van der Waals surface area contributed by atoms with Crippen LogP contribution in [0.2, 0.25) is 0 Å². The second kappa shape index (κ2) is 7.48. The molecule has 1 aromatic heterocycles. The number of anilines is 1. The van der Waals surface area contributed by atoms with E-state index in [1.165, 1.54) is 43.4 Å². The van der Waals surface area contributed by atoms with Gasteiger partial charge in [0.05, 0.1) is 11.9 Å². The Hall–Kier alpha value is -2.92. The number of esters is 1. The number of rotatable bonds is 4. The van der Waals surface area contributed by atoms with Crippen molar-refractivity contribution in [2.45, 2.75) is 0 Å². The monoisotopic (exact) mass is 484 g/mol. The largest absolute Gasteiger partial charge is 0.455 e. The van der Waals surface area contributed by atoms with Gasteiger partial charge < -0.3 is 14.9 Å². The number of sulfonamides is 1. The predicted molar refractivity (Wildman–Crippen MR) is 108 cm³/mol. The number of nitrogens with zero attached hydrogens (tertiary/aromatic N) is 1. The summed E-state index contributed by atoms with van der Waals surface area (Å²) in [6, 6.07) is 7.98. The summed E-state index contributed by atoms with van der Waals surface area (Å²) in [4.78, 5) is 23.6. The SMILES string of the molecule is CN(c1cc2oc(-c3ccc(F)cc3)c(C(=O)OC(N)=O)c2cc1Br)S(C)(=O)=O. The van der Waals surface area contributed by atoms with Gasteiger partial charge in [-0.15, -0.1) is 0 Å². The molecule has 0 radical (unpaired) electrons. The minimum absolute atomic E-state index is 0.0114. The highest BCUT2D eigenvalue weighted by molar-refractivity contribution is 9.10. The zero-order valence-corrected chi connectivity index (χ0v) is 17.5. The van der Waals surface area contributed by atoms with Crippen molar-refractivity contribution in [2.75, 3.05) is 17.6 Å². The second-order valence-electron chi connectivity index (χ2n) is 6.05. The van der Waals surface area contributed by atoms with Crippen LogP contribution in [-0.4, -0.2) is 33.8 Å². The number of halogens is 2. The number of benzene rings is 2. The predicted octanol–water partition coefficient (Wildman–Crippen LogP) is 3.63. The summed E-state index contributed by atoms with van der Waals surface area (Å²) in [5, 5.41) is 0.244. The number of primary amides is 1. The Labute approximate surface area is 173 Å². The summed E-state index contributed by atoms with van der Waals surface area (Å²) in [5.74, 6) is -1.55. The lowest BCUT2D eigenvalue weighted by atomic mass is 10.1. The Kier molecular flexibility index (Phi) is 5.37. The van der Waals surface area contributed by atoms with E-state index in [0.717, 1.165) is 10.6 Å². The Morgan fingerprint density at radius 1 is 1.21 bits per heavy atom. The number of hydrogen-bond acceptors (Lipinski definition) is 6. The fourth-order valence-electron chi connectivity index (χ4n) is 2.68. The van der Waals surface area contributed by atoms with Gasteiger partial charge in [-0.05, 0) is 46.3 Å². The highest BCUT2D eigenvalue weighted by atomic mass is 79.9. The second-order valence-corrected chi connectivity index (χ2v) is 8.92. The average Bonchev–Trinajstić information content (AvgIpc) is 2.98. The molecule has 8 nitrogen and oxygen atoms in total. The lowest BCUT2D eigenvalue weighted by Gasteiger charge is -2.18. The molecule has 0 saturated heterocycles. The van der Waals surface area contributed by atoms with Crippen LogP contribution in [-0.2, 0) is 14.8 Å². The van der Waals surface area contributed by atoms with Crippen molar-refractivity contribution < 1.29 is 31.6 Å². The molecule has 0 atom stereocenters. The van der Waals surface area contributed by atoms with E-state index in [1.807, 2.05) is 0 Å². The van der Waals surface area contributed by atoms with E-state index >= 15 is 0 Å². The Morgan fingerprint density at radius 2 is 1.83 bits per heavy atom. The van der Waals surface area contributed by atoms with Crippen LogP contribution in [0.3, 0.4) is 0 Å². The number of furan rings is 1. The molecule has 1 amide bonds. The van der Waals surface area contributed by atoms with Crippen molar-refractivity contribution in [3.63, 3.8) is 0 Å². The van der Waals surface area contributed by atoms with E-state index in [4.69, 9.17) is 10.2 Å². The summed E-state index contributed by atoms with van der Waals surface area (Å²) in [6.45, 7) is 0. The number of carbonyl (C=O) groups excluding carboxylic acids is 2. The van der Waals surface area contributed by atoms with Gasteiger partial charge in [-0.25, -0.2) is 22.4 Å². The van der Waals surface area contributed by atoms with Gasteiger partial charge in [-0.2, -0.15) is 0 Å². The van der Waals surface area contributed by atoms with Crippen LogP contribution in [0.5, 0.6) is 0 Å². The Balaban J connectivity index is 2.30. The molecule has 2 N–H and O–H groups in total. The minimum Gasteiger partial charge on any atom is -0.455 e. The van der Waals surface area contributed by atoms with Crippen LogP contribution in [0.15, 0.2) is 45.3 Å². The standard InChI is InChI=1S/C18H14BrFN2O6S/c1-22(29(2,25)26)13-8-14-11(7-12(13)19)15(17(23)28-18(21)24)16(27-14)9-3-5-10(20)6-4-9/h3-8H,1-2H3,(H2,21,24). The molecule has 29 heavy (non-hydrogen) atoms. The van der Waals surface area contributed by atoms with Gasteiger partial charge in [-0.1, -0.05) is 0 Å². The zero-order chi connectivity index (χ0) is 21.5. The van der Waals surface area contributed by atoms with Gasteiger partial charge in [0.1, 0.15) is 22.7 Å². The van der Waals surface area contributed by atoms with Gasteiger partial charge in [0.25, 0.3) is 0 Å². The average molecular weight is 485 g/mol. The molecule has 1 heterocycles. The van der Waals surface area contributed by atoms with Crippen LogP contribution in [0.25, 0.3) is 22.3 Å². The highest BCUT2D eigenvalue weighted by Gasteiger charge is 2.27. The quantitative estimate of drug-likeness (QED) is 0.445. The van der Waals surface area contributed by atoms with Crippen LogP contribution >= 0.6 is 15.9 Å². The van der Waals surface area contributed by atoms with Crippen molar-refractivity contribution in [3.8, 4) is 11.3 Å². The first-order valence-electron chi connectivity index (χ1n) is 7.96. The first kappa shape index (κ1) is 20.8. The third-order valence-electron chi connectivity index (χ3n) is 4.10. The lowest BCUT2D eigenvalue weighted by molar-refractivity contribution is 0.0640. The number of fused-ring (bicyclic) bond motifs is 1. The first-order chi connectivity index (χ1) is 13.5. The van der Waals surface area contributed by atoms with Crippen molar-refractivity contribution >= 4 is 54.7 Å². The van der Waals surface area contributed by atoms with Crippen molar-refractivity contribution in [2.24, 2.45) is 5.73 Å². The summed E-state index contributed by atoms with van der Waals surface area (Å²) in [7, 11) is -2.22. The van der Waals surface area contributed by atoms with E-state index in [-0.39, 0.29) is 28.0 Å². The molecule has 0 spiro atoms. The number of ether oxygens (including phenoxy) is 1. The molecule has 0 aliphatic carbocycles. The van der Waals surface area contributed by atoms with Crippen molar-refractivity contribution in [1.82, 2.24) is 0 Å². The maximum absolute atomic E-state index is 13.3. The summed E-state index contributed by atoms with van der Waals surface area (Å²) < 4.78 is 48.7. The smallest absolute Gasteiger partial charge is 0.412 e. The fourth-order valence-corrected chi connectivity index (χ4v) is 3.91. The number of carbonyl (C=O) groups is 2. The maximum atomic E-state index is 13.3. The summed E-state index contributed by atoms with van der Waals surface area (Å²) in [6.07, 6.45) is -0.271. The highest BCUT2D eigenvalue weighted by Crippen LogP contribution is 2.39. The molecule has 3 aromatic rings. The molecule has 3 rings (SSSR count).